The third-order valence-electron chi connectivity index (χ3n) is 4.20. The van der Waals surface area contributed by atoms with Crippen LogP contribution in [0.1, 0.15) is 39.5 Å². The van der Waals surface area contributed by atoms with Crippen LogP contribution >= 0.6 is 0 Å². The minimum absolute atomic E-state index is 0.0710. The maximum absolute atomic E-state index is 5.63. The summed E-state index contributed by atoms with van der Waals surface area (Å²) in [5, 5.41) is 0. The number of terminal acetylenes is 2. The van der Waals surface area contributed by atoms with Crippen molar-refractivity contribution >= 4 is 0 Å². The molecule has 0 radical (unpaired) electrons. The zero-order valence-electron chi connectivity index (χ0n) is 11.9. The van der Waals surface area contributed by atoms with E-state index in [9.17, 15) is 0 Å². The molecule has 1 atom stereocenters. The molecule has 2 heterocycles. The third kappa shape index (κ3) is 3.52. The summed E-state index contributed by atoms with van der Waals surface area (Å²) in [6.07, 6.45) is 19.1. The molecular formula is C16H26N2. The number of rotatable bonds is 2. The monoisotopic (exact) mass is 246 g/mol. The van der Waals surface area contributed by atoms with Gasteiger partial charge in [-0.1, -0.05) is 5.92 Å². The number of hydrogen-bond acceptors (Lipinski definition) is 2. The van der Waals surface area contributed by atoms with Crippen molar-refractivity contribution in [2.24, 2.45) is 0 Å². The van der Waals surface area contributed by atoms with Crippen molar-refractivity contribution in [2.45, 2.75) is 51.1 Å². The minimum atomic E-state index is -0.0710. The Bertz CT molecular complexity index is 305. The van der Waals surface area contributed by atoms with Crippen LogP contribution in [-0.2, 0) is 0 Å². The van der Waals surface area contributed by atoms with Gasteiger partial charge in [-0.2, -0.15) is 0 Å². The van der Waals surface area contributed by atoms with Crippen molar-refractivity contribution in [1.29, 1.82) is 0 Å². The van der Waals surface area contributed by atoms with Crippen LogP contribution in [0.4, 0.5) is 0 Å². The lowest BCUT2D eigenvalue weighted by Crippen LogP contribution is -2.53. The van der Waals surface area contributed by atoms with E-state index in [1.165, 1.54) is 45.3 Å². The van der Waals surface area contributed by atoms with Crippen molar-refractivity contribution in [2.75, 3.05) is 26.2 Å². The number of hydrogen-bond donors (Lipinski definition) is 0. The summed E-state index contributed by atoms with van der Waals surface area (Å²) in [4.78, 5) is 5.15. The summed E-state index contributed by atoms with van der Waals surface area (Å²) < 4.78 is 0. The molecule has 0 aromatic carbocycles. The minimum Gasteiger partial charge on any atom is -0.299 e. The first kappa shape index (κ1) is 15.1. The summed E-state index contributed by atoms with van der Waals surface area (Å²) in [5.41, 5.74) is -0.0710. The number of piperidine rings is 1. The second-order valence-electron chi connectivity index (χ2n) is 5.69. The van der Waals surface area contributed by atoms with Gasteiger partial charge in [0.2, 0.25) is 0 Å². The lowest BCUT2D eigenvalue weighted by Gasteiger charge is -2.43. The molecule has 0 aliphatic carbocycles. The van der Waals surface area contributed by atoms with E-state index in [0.29, 0.717) is 0 Å². The molecule has 0 aromatic rings. The molecule has 100 valence electrons. The van der Waals surface area contributed by atoms with Gasteiger partial charge < -0.3 is 0 Å². The summed E-state index contributed by atoms with van der Waals surface area (Å²) in [5.74, 6) is 2.93. The lowest BCUT2D eigenvalue weighted by atomic mass is 9.96. The molecule has 0 aromatic heterocycles. The van der Waals surface area contributed by atoms with E-state index in [1.807, 2.05) is 0 Å². The second-order valence-corrected chi connectivity index (χ2v) is 5.69. The van der Waals surface area contributed by atoms with Gasteiger partial charge in [-0.05, 0) is 59.2 Å². The molecule has 0 amide bonds. The molecule has 0 unspecified atom stereocenters. The van der Waals surface area contributed by atoms with E-state index < -0.39 is 0 Å². The molecule has 2 aliphatic heterocycles. The van der Waals surface area contributed by atoms with E-state index >= 15 is 0 Å². The Labute approximate surface area is 113 Å². The van der Waals surface area contributed by atoms with Crippen LogP contribution in [0.25, 0.3) is 0 Å². The maximum Gasteiger partial charge on any atom is 0.0766 e. The summed E-state index contributed by atoms with van der Waals surface area (Å²) in [6, 6.07) is 0.754. The zero-order valence-corrected chi connectivity index (χ0v) is 11.9. The predicted octanol–water partition coefficient (Wildman–Crippen LogP) is 2.21. The van der Waals surface area contributed by atoms with Crippen LogP contribution < -0.4 is 0 Å². The van der Waals surface area contributed by atoms with Gasteiger partial charge in [0.15, 0.2) is 0 Å². The van der Waals surface area contributed by atoms with Gasteiger partial charge in [-0.25, -0.2) is 0 Å². The van der Waals surface area contributed by atoms with Gasteiger partial charge >= 0.3 is 0 Å². The highest BCUT2D eigenvalue weighted by atomic mass is 15.3. The molecule has 0 saturated carbocycles. The fourth-order valence-corrected chi connectivity index (χ4v) is 2.96. The van der Waals surface area contributed by atoms with Gasteiger partial charge in [0, 0.05) is 12.6 Å². The van der Waals surface area contributed by atoms with Gasteiger partial charge in [-0.3, -0.25) is 9.80 Å². The van der Waals surface area contributed by atoms with Crippen LogP contribution in [0.5, 0.6) is 0 Å². The smallest absolute Gasteiger partial charge is 0.0766 e. The average Bonchev–Trinajstić information content (AvgIpc) is 2.95. The van der Waals surface area contributed by atoms with Crippen LogP contribution in [0, 0.1) is 25.2 Å². The molecule has 2 aliphatic rings. The van der Waals surface area contributed by atoms with E-state index in [0.717, 1.165) is 12.6 Å². The Kier molecular flexibility index (Phi) is 5.73. The van der Waals surface area contributed by atoms with Gasteiger partial charge in [-0.15, -0.1) is 19.3 Å². The van der Waals surface area contributed by atoms with E-state index in [-0.39, 0.29) is 5.54 Å². The Morgan fingerprint density at radius 2 is 1.67 bits per heavy atom. The van der Waals surface area contributed by atoms with Crippen molar-refractivity contribution in [3.63, 3.8) is 0 Å². The number of nitrogens with zero attached hydrogens (tertiary/aromatic N) is 2. The topological polar surface area (TPSA) is 6.48 Å². The second kappa shape index (κ2) is 6.83. The first-order chi connectivity index (χ1) is 8.63. The maximum atomic E-state index is 5.63. The van der Waals surface area contributed by atoms with E-state index in [1.54, 1.807) is 0 Å². The molecular weight excluding hydrogens is 220 g/mol. The third-order valence-corrected chi connectivity index (χ3v) is 4.20. The van der Waals surface area contributed by atoms with Gasteiger partial charge in [0.05, 0.1) is 5.54 Å². The lowest BCUT2D eigenvalue weighted by molar-refractivity contribution is 0.0697. The first-order valence-corrected chi connectivity index (χ1v) is 6.94. The molecule has 0 bridgehead atoms. The largest absolute Gasteiger partial charge is 0.299 e. The summed E-state index contributed by atoms with van der Waals surface area (Å²) in [7, 11) is 0. The van der Waals surface area contributed by atoms with Crippen LogP contribution in [0.15, 0.2) is 0 Å². The first-order valence-electron chi connectivity index (χ1n) is 6.94. The zero-order chi connectivity index (χ0) is 13.6. The Hall–Kier alpha value is -0.960. The fourth-order valence-electron chi connectivity index (χ4n) is 2.96. The molecule has 2 fully saturated rings. The van der Waals surface area contributed by atoms with Gasteiger partial charge in [0.1, 0.15) is 0 Å². The standard InChI is InChI=1S/C14H24N2.C2H2/c1-4-14(2,3)16-11-7-8-13(12-16)15-9-5-6-10-15;1-2/h1,13H,5-12H2,2-3H3;1-2H/t13-;/m0./s1. The normalized spacial score (nSPS) is 26.1. The molecule has 0 spiro atoms. The highest BCUT2D eigenvalue weighted by molar-refractivity contribution is 5.09. The van der Waals surface area contributed by atoms with E-state index in [2.05, 4.69) is 42.4 Å². The predicted molar refractivity (Wildman–Crippen MR) is 78.2 cm³/mol. The van der Waals surface area contributed by atoms with Crippen molar-refractivity contribution in [3.8, 4) is 25.2 Å². The molecule has 2 heteroatoms. The van der Waals surface area contributed by atoms with E-state index in [4.69, 9.17) is 6.42 Å². The fraction of sp³-hybridized carbons (Fsp3) is 0.750. The van der Waals surface area contributed by atoms with Crippen molar-refractivity contribution in [1.82, 2.24) is 9.80 Å². The summed E-state index contributed by atoms with van der Waals surface area (Å²) in [6.45, 7) is 9.27. The average molecular weight is 246 g/mol. The molecule has 2 saturated heterocycles. The Morgan fingerprint density at radius 1 is 1.06 bits per heavy atom. The summed E-state index contributed by atoms with van der Waals surface area (Å²) >= 11 is 0. The highest BCUT2D eigenvalue weighted by Gasteiger charge is 2.32. The van der Waals surface area contributed by atoms with Gasteiger partial charge in [0.25, 0.3) is 0 Å². The van der Waals surface area contributed by atoms with Crippen LogP contribution in [-0.4, -0.2) is 47.6 Å². The number of likely N-dealkylation sites (tertiary alicyclic amines) is 2. The van der Waals surface area contributed by atoms with Crippen LogP contribution in [0.2, 0.25) is 0 Å². The quantitative estimate of drug-likeness (QED) is 0.689. The SMILES string of the molecule is C#C.C#CC(C)(C)N1CCC[C@H](N2CCCC2)C1. The van der Waals surface area contributed by atoms with Crippen molar-refractivity contribution < 1.29 is 0 Å². The van der Waals surface area contributed by atoms with Crippen LogP contribution in [0.3, 0.4) is 0 Å². The van der Waals surface area contributed by atoms with Crippen molar-refractivity contribution in [3.05, 3.63) is 0 Å². The molecule has 0 N–H and O–H groups in total. The Morgan fingerprint density at radius 3 is 2.22 bits per heavy atom. The molecule has 2 nitrogen and oxygen atoms in total. The highest BCUT2D eigenvalue weighted by Crippen LogP contribution is 2.25. The Balaban J connectivity index is 0.000000771. The molecule has 18 heavy (non-hydrogen) atoms. The molecule has 2 rings (SSSR count).